The highest BCUT2D eigenvalue weighted by Crippen LogP contribution is 2.14. The van der Waals surface area contributed by atoms with Gasteiger partial charge in [-0.3, -0.25) is 4.79 Å². The van der Waals surface area contributed by atoms with Crippen LogP contribution in [0.25, 0.3) is 0 Å². The average Bonchev–Trinajstić information content (AvgIpc) is 2.46. The quantitative estimate of drug-likeness (QED) is 0.870. The Labute approximate surface area is 114 Å². The molecule has 1 aliphatic heterocycles. The van der Waals surface area contributed by atoms with Crippen molar-refractivity contribution in [2.24, 2.45) is 5.92 Å². The van der Waals surface area contributed by atoms with E-state index in [1.165, 1.54) is 12.8 Å². The number of amides is 1. The van der Waals surface area contributed by atoms with E-state index >= 15 is 0 Å². The zero-order valence-corrected chi connectivity index (χ0v) is 11.6. The molecule has 2 N–H and O–H groups in total. The summed E-state index contributed by atoms with van der Waals surface area (Å²) in [5.41, 5.74) is 0.650. The summed E-state index contributed by atoms with van der Waals surface area (Å²) in [5, 5.41) is 6.44. The Morgan fingerprint density at radius 1 is 1.47 bits per heavy atom. The monoisotopic (exact) mass is 262 g/mol. The summed E-state index contributed by atoms with van der Waals surface area (Å²) >= 11 is 0. The minimum atomic E-state index is -0.0301. The molecule has 1 saturated heterocycles. The van der Waals surface area contributed by atoms with Crippen molar-refractivity contribution in [1.29, 1.82) is 0 Å². The van der Waals surface area contributed by atoms with Crippen LogP contribution in [0.2, 0.25) is 0 Å². The fraction of sp³-hybridized carbons (Fsp3) is 0.533. The topological polar surface area (TPSA) is 50.4 Å². The third kappa shape index (κ3) is 3.96. The van der Waals surface area contributed by atoms with Gasteiger partial charge in [0.15, 0.2) is 0 Å². The molecular formula is C15H22N2O2. The predicted molar refractivity (Wildman–Crippen MR) is 75.5 cm³/mol. The second kappa shape index (κ2) is 6.57. The lowest BCUT2D eigenvalue weighted by atomic mass is 9.95. The van der Waals surface area contributed by atoms with Crippen LogP contribution in [-0.4, -0.2) is 32.1 Å². The van der Waals surface area contributed by atoms with Gasteiger partial charge in [-0.1, -0.05) is 6.07 Å². The van der Waals surface area contributed by atoms with Crippen LogP contribution in [0.15, 0.2) is 24.3 Å². The molecule has 1 amide bonds. The fourth-order valence-corrected chi connectivity index (χ4v) is 2.34. The number of piperidine rings is 1. The van der Waals surface area contributed by atoms with Gasteiger partial charge in [0.25, 0.3) is 5.91 Å². The lowest BCUT2D eigenvalue weighted by molar-refractivity contribution is 0.0943. The molecule has 2 unspecified atom stereocenters. The molecule has 0 saturated carbocycles. The fourth-order valence-electron chi connectivity index (χ4n) is 2.34. The van der Waals surface area contributed by atoms with Crippen molar-refractivity contribution in [3.63, 3.8) is 0 Å². The van der Waals surface area contributed by atoms with E-state index in [2.05, 4.69) is 17.6 Å². The Morgan fingerprint density at radius 2 is 2.32 bits per heavy atom. The van der Waals surface area contributed by atoms with Gasteiger partial charge in [-0.25, -0.2) is 0 Å². The van der Waals surface area contributed by atoms with E-state index in [1.54, 1.807) is 19.2 Å². The van der Waals surface area contributed by atoms with Gasteiger partial charge in [-0.2, -0.15) is 0 Å². The Balaban J connectivity index is 1.83. The van der Waals surface area contributed by atoms with E-state index in [0.29, 0.717) is 23.3 Å². The smallest absolute Gasteiger partial charge is 0.251 e. The maximum atomic E-state index is 12.0. The molecule has 0 radical (unpaired) electrons. The maximum Gasteiger partial charge on any atom is 0.251 e. The van der Waals surface area contributed by atoms with Crippen molar-refractivity contribution in [1.82, 2.24) is 10.6 Å². The SMILES string of the molecule is COc1cccc(C(=O)NCC2CCC(C)NC2)c1. The highest BCUT2D eigenvalue weighted by atomic mass is 16.5. The molecular weight excluding hydrogens is 240 g/mol. The van der Waals surface area contributed by atoms with Crippen molar-refractivity contribution >= 4 is 5.91 Å². The number of ether oxygens (including phenoxy) is 1. The number of rotatable bonds is 4. The third-order valence-electron chi connectivity index (χ3n) is 3.65. The highest BCUT2D eigenvalue weighted by molar-refractivity contribution is 5.94. The van der Waals surface area contributed by atoms with Crippen LogP contribution < -0.4 is 15.4 Å². The molecule has 1 heterocycles. The van der Waals surface area contributed by atoms with Crippen molar-refractivity contribution < 1.29 is 9.53 Å². The van der Waals surface area contributed by atoms with Crippen LogP contribution in [0, 0.1) is 5.92 Å². The normalized spacial score (nSPS) is 22.8. The van der Waals surface area contributed by atoms with E-state index in [0.717, 1.165) is 13.1 Å². The molecule has 4 nitrogen and oxygen atoms in total. The van der Waals surface area contributed by atoms with Crippen molar-refractivity contribution in [2.75, 3.05) is 20.2 Å². The summed E-state index contributed by atoms with van der Waals surface area (Å²) in [6.07, 6.45) is 2.35. The predicted octanol–water partition coefficient (Wildman–Crippen LogP) is 1.81. The summed E-state index contributed by atoms with van der Waals surface area (Å²) in [4.78, 5) is 12.0. The van der Waals surface area contributed by atoms with E-state index < -0.39 is 0 Å². The Hall–Kier alpha value is -1.55. The van der Waals surface area contributed by atoms with Crippen LogP contribution in [0.1, 0.15) is 30.1 Å². The van der Waals surface area contributed by atoms with Crippen LogP contribution in [-0.2, 0) is 0 Å². The van der Waals surface area contributed by atoms with Gasteiger partial charge < -0.3 is 15.4 Å². The largest absolute Gasteiger partial charge is 0.497 e. The number of carbonyl (C=O) groups is 1. The van der Waals surface area contributed by atoms with Gasteiger partial charge in [-0.05, 0) is 50.4 Å². The Morgan fingerprint density at radius 3 is 3.00 bits per heavy atom. The molecule has 4 heteroatoms. The first-order valence-electron chi connectivity index (χ1n) is 6.84. The highest BCUT2D eigenvalue weighted by Gasteiger charge is 2.18. The second-order valence-electron chi connectivity index (χ2n) is 5.19. The molecule has 0 aromatic heterocycles. The lowest BCUT2D eigenvalue weighted by Crippen LogP contribution is -2.41. The molecule has 1 aromatic rings. The van der Waals surface area contributed by atoms with Crippen LogP contribution in [0.3, 0.4) is 0 Å². The Bertz CT molecular complexity index is 426. The summed E-state index contributed by atoms with van der Waals surface area (Å²) in [6.45, 7) is 3.92. The van der Waals surface area contributed by atoms with E-state index in [-0.39, 0.29) is 5.91 Å². The van der Waals surface area contributed by atoms with Crippen LogP contribution >= 0.6 is 0 Å². The van der Waals surface area contributed by atoms with E-state index in [4.69, 9.17) is 4.74 Å². The van der Waals surface area contributed by atoms with Gasteiger partial charge in [0.2, 0.25) is 0 Å². The molecule has 1 aliphatic rings. The summed E-state index contributed by atoms with van der Waals surface area (Å²) < 4.78 is 5.12. The van der Waals surface area contributed by atoms with Crippen molar-refractivity contribution in [3.05, 3.63) is 29.8 Å². The molecule has 1 fully saturated rings. The molecule has 0 aliphatic carbocycles. The first-order chi connectivity index (χ1) is 9.19. The van der Waals surface area contributed by atoms with Crippen LogP contribution in [0.5, 0.6) is 5.75 Å². The molecule has 1 aromatic carbocycles. The zero-order chi connectivity index (χ0) is 13.7. The zero-order valence-electron chi connectivity index (χ0n) is 11.6. The van der Waals surface area contributed by atoms with Gasteiger partial charge in [0.1, 0.15) is 5.75 Å². The van der Waals surface area contributed by atoms with E-state index in [9.17, 15) is 4.79 Å². The standard InChI is InChI=1S/C15H22N2O2/c1-11-6-7-12(9-16-11)10-17-15(18)13-4-3-5-14(8-13)19-2/h3-5,8,11-12,16H,6-7,9-10H2,1-2H3,(H,17,18). The average molecular weight is 262 g/mol. The molecule has 19 heavy (non-hydrogen) atoms. The van der Waals surface area contributed by atoms with Gasteiger partial charge in [0, 0.05) is 18.2 Å². The molecule has 0 bridgehead atoms. The van der Waals surface area contributed by atoms with Crippen molar-refractivity contribution in [2.45, 2.75) is 25.8 Å². The third-order valence-corrected chi connectivity index (χ3v) is 3.65. The summed E-state index contributed by atoms with van der Waals surface area (Å²) in [6, 6.07) is 7.83. The number of carbonyl (C=O) groups excluding carboxylic acids is 1. The number of hydrogen-bond donors (Lipinski definition) is 2. The number of hydrogen-bond acceptors (Lipinski definition) is 3. The first kappa shape index (κ1) is 13.9. The summed E-state index contributed by atoms with van der Waals surface area (Å²) in [5.74, 6) is 1.21. The minimum Gasteiger partial charge on any atom is -0.497 e. The van der Waals surface area contributed by atoms with E-state index in [1.807, 2.05) is 12.1 Å². The lowest BCUT2D eigenvalue weighted by Gasteiger charge is -2.27. The molecule has 2 atom stereocenters. The maximum absolute atomic E-state index is 12.0. The minimum absolute atomic E-state index is 0.0301. The summed E-state index contributed by atoms with van der Waals surface area (Å²) in [7, 11) is 1.60. The van der Waals surface area contributed by atoms with Gasteiger partial charge in [0.05, 0.1) is 7.11 Å². The molecule has 0 spiro atoms. The molecule has 2 rings (SSSR count). The number of benzene rings is 1. The first-order valence-corrected chi connectivity index (χ1v) is 6.84. The van der Waals surface area contributed by atoms with Gasteiger partial charge >= 0.3 is 0 Å². The number of nitrogens with one attached hydrogen (secondary N) is 2. The van der Waals surface area contributed by atoms with Crippen molar-refractivity contribution in [3.8, 4) is 5.75 Å². The number of methoxy groups -OCH3 is 1. The molecule has 104 valence electrons. The Kier molecular flexibility index (Phi) is 4.80. The van der Waals surface area contributed by atoms with Crippen LogP contribution in [0.4, 0.5) is 0 Å². The van der Waals surface area contributed by atoms with Gasteiger partial charge in [-0.15, -0.1) is 0 Å². The second-order valence-corrected chi connectivity index (χ2v) is 5.19.